The van der Waals surface area contributed by atoms with E-state index in [9.17, 15) is 14.9 Å². The highest BCUT2D eigenvalue weighted by molar-refractivity contribution is 8.14. The van der Waals surface area contributed by atoms with Crippen molar-refractivity contribution in [1.82, 2.24) is 9.78 Å². The van der Waals surface area contributed by atoms with Gasteiger partial charge in [-0.25, -0.2) is 0 Å². The zero-order chi connectivity index (χ0) is 14.0. The maximum atomic E-state index is 12.1. The van der Waals surface area contributed by atoms with Crippen LogP contribution < -0.4 is 0 Å². The molecule has 0 saturated carbocycles. The molecule has 2 rings (SSSR count). The second-order valence-corrected chi connectivity index (χ2v) is 4.91. The van der Waals surface area contributed by atoms with Gasteiger partial charge in [-0.2, -0.15) is 5.10 Å². The second kappa shape index (κ2) is 5.23. The monoisotopic (exact) mass is 277 g/mol. The van der Waals surface area contributed by atoms with Crippen LogP contribution in [0.25, 0.3) is 0 Å². The first kappa shape index (κ1) is 13.3. The van der Waals surface area contributed by atoms with Crippen molar-refractivity contribution in [3.8, 4) is 0 Å². The number of aryl methyl sites for hydroxylation is 1. The van der Waals surface area contributed by atoms with Gasteiger partial charge in [-0.1, -0.05) is 18.2 Å². The first-order valence-corrected chi connectivity index (χ1v) is 6.27. The van der Waals surface area contributed by atoms with Gasteiger partial charge in [0.25, 0.3) is 5.12 Å². The van der Waals surface area contributed by atoms with Gasteiger partial charge in [-0.15, -0.1) is 0 Å². The molecule has 1 heterocycles. The lowest BCUT2D eigenvalue weighted by molar-refractivity contribution is -0.385. The van der Waals surface area contributed by atoms with E-state index in [4.69, 9.17) is 0 Å². The van der Waals surface area contributed by atoms with Crippen LogP contribution in [-0.2, 0) is 7.05 Å². The molecule has 0 radical (unpaired) electrons. The fourth-order valence-electron chi connectivity index (χ4n) is 1.60. The Kier molecular flexibility index (Phi) is 3.66. The highest BCUT2D eigenvalue weighted by Crippen LogP contribution is 2.29. The van der Waals surface area contributed by atoms with Crippen LogP contribution in [0, 0.1) is 17.0 Å². The number of nitrogens with zero attached hydrogens (tertiary/aromatic N) is 3. The molecular weight excluding hydrogens is 266 g/mol. The molecule has 7 heteroatoms. The maximum absolute atomic E-state index is 12.1. The van der Waals surface area contributed by atoms with Crippen LogP contribution in [0.4, 0.5) is 5.69 Å². The van der Waals surface area contributed by atoms with Gasteiger partial charge in [0, 0.05) is 11.9 Å². The predicted molar refractivity (Wildman–Crippen MR) is 71.2 cm³/mol. The van der Waals surface area contributed by atoms with E-state index in [-0.39, 0.29) is 11.4 Å². The standard InChI is InChI=1S/C12H11N3O3S/c1-8-11(15(17)18)10(13-14(8)2)12(16)19-9-6-4-3-5-7-9/h3-7H,1-2H3. The molecule has 0 aliphatic rings. The Bertz CT molecular complexity index is 637. The van der Waals surface area contributed by atoms with Crippen LogP contribution in [0.2, 0.25) is 0 Å². The summed E-state index contributed by atoms with van der Waals surface area (Å²) in [5, 5.41) is 14.5. The van der Waals surface area contributed by atoms with Gasteiger partial charge in [0.15, 0.2) is 0 Å². The van der Waals surface area contributed by atoms with Crippen molar-refractivity contribution in [2.45, 2.75) is 11.8 Å². The molecule has 0 N–H and O–H groups in total. The molecular formula is C12H11N3O3S. The van der Waals surface area contributed by atoms with Crippen LogP contribution in [0.5, 0.6) is 0 Å². The molecule has 0 spiro atoms. The average molecular weight is 277 g/mol. The molecule has 1 aromatic carbocycles. The van der Waals surface area contributed by atoms with E-state index in [2.05, 4.69) is 5.10 Å². The summed E-state index contributed by atoms with van der Waals surface area (Å²) in [5.41, 5.74) is 0.0248. The van der Waals surface area contributed by atoms with Gasteiger partial charge in [-0.05, 0) is 30.8 Å². The minimum Gasteiger partial charge on any atom is -0.279 e. The molecule has 2 aromatic rings. The van der Waals surface area contributed by atoms with Crippen LogP contribution in [0.3, 0.4) is 0 Å². The number of hydrogen-bond acceptors (Lipinski definition) is 5. The van der Waals surface area contributed by atoms with Crippen molar-refractivity contribution in [1.29, 1.82) is 0 Å². The Morgan fingerprint density at radius 2 is 2.00 bits per heavy atom. The van der Waals surface area contributed by atoms with Crippen LogP contribution >= 0.6 is 11.8 Å². The zero-order valence-corrected chi connectivity index (χ0v) is 11.2. The smallest absolute Gasteiger partial charge is 0.279 e. The third-order valence-corrected chi connectivity index (χ3v) is 3.52. The van der Waals surface area contributed by atoms with Gasteiger partial charge in [-0.3, -0.25) is 19.6 Å². The summed E-state index contributed by atoms with van der Waals surface area (Å²) < 4.78 is 1.34. The van der Waals surface area contributed by atoms with E-state index in [1.165, 1.54) is 4.68 Å². The molecule has 1 aromatic heterocycles. The van der Waals surface area contributed by atoms with E-state index < -0.39 is 10.0 Å². The van der Waals surface area contributed by atoms with E-state index in [0.29, 0.717) is 5.69 Å². The molecule has 0 bridgehead atoms. The van der Waals surface area contributed by atoms with E-state index in [0.717, 1.165) is 16.7 Å². The number of hydrogen-bond donors (Lipinski definition) is 0. The van der Waals surface area contributed by atoms with Crippen LogP contribution in [0.15, 0.2) is 35.2 Å². The number of benzene rings is 1. The quantitative estimate of drug-likeness (QED) is 0.489. The summed E-state index contributed by atoms with van der Waals surface area (Å²) in [5.74, 6) is 0. The van der Waals surface area contributed by atoms with Gasteiger partial charge in [0.1, 0.15) is 5.69 Å². The Morgan fingerprint density at radius 1 is 1.37 bits per heavy atom. The predicted octanol–water partition coefficient (Wildman–Crippen LogP) is 2.57. The lowest BCUT2D eigenvalue weighted by Gasteiger charge is -1.97. The summed E-state index contributed by atoms with van der Waals surface area (Å²) in [4.78, 5) is 23.2. The highest BCUT2D eigenvalue weighted by atomic mass is 32.2. The summed E-state index contributed by atoms with van der Waals surface area (Å²) >= 11 is 0.931. The van der Waals surface area contributed by atoms with E-state index in [1.54, 1.807) is 38.2 Å². The molecule has 0 fully saturated rings. The third-order valence-electron chi connectivity index (χ3n) is 2.63. The number of carbonyl (C=O) groups is 1. The minimum atomic E-state index is -0.568. The Labute approximate surface area is 113 Å². The Hall–Kier alpha value is -2.15. The summed E-state index contributed by atoms with van der Waals surface area (Å²) in [6, 6.07) is 8.97. The van der Waals surface area contributed by atoms with E-state index in [1.807, 2.05) is 6.07 Å². The van der Waals surface area contributed by atoms with Crippen molar-refractivity contribution in [2.24, 2.45) is 7.05 Å². The maximum Gasteiger partial charge on any atom is 0.321 e. The van der Waals surface area contributed by atoms with Gasteiger partial charge in [0.05, 0.1) is 4.92 Å². The highest BCUT2D eigenvalue weighted by Gasteiger charge is 2.29. The largest absolute Gasteiger partial charge is 0.321 e. The molecule has 98 valence electrons. The minimum absolute atomic E-state index is 0.112. The first-order valence-electron chi connectivity index (χ1n) is 5.46. The Balaban J connectivity index is 2.35. The Morgan fingerprint density at radius 3 is 2.58 bits per heavy atom. The molecule has 0 aliphatic heterocycles. The molecule has 0 amide bonds. The lowest BCUT2D eigenvalue weighted by Crippen LogP contribution is -2.00. The van der Waals surface area contributed by atoms with Crippen molar-refractivity contribution < 1.29 is 9.72 Å². The van der Waals surface area contributed by atoms with Gasteiger partial charge >= 0.3 is 5.69 Å². The molecule has 0 atom stereocenters. The van der Waals surface area contributed by atoms with Crippen molar-refractivity contribution in [3.63, 3.8) is 0 Å². The number of nitro groups is 1. The number of thioether (sulfide) groups is 1. The van der Waals surface area contributed by atoms with Crippen molar-refractivity contribution in [3.05, 3.63) is 51.8 Å². The number of aromatic nitrogens is 2. The molecule has 0 unspecified atom stereocenters. The van der Waals surface area contributed by atoms with Crippen molar-refractivity contribution in [2.75, 3.05) is 0 Å². The first-order chi connectivity index (χ1) is 9.00. The zero-order valence-electron chi connectivity index (χ0n) is 10.4. The molecule has 19 heavy (non-hydrogen) atoms. The third kappa shape index (κ3) is 2.65. The van der Waals surface area contributed by atoms with Crippen LogP contribution in [-0.4, -0.2) is 19.8 Å². The summed E-state index contributed by atoms with van der Waals surface area (Å²) in [6.07, 6.45) is 0. The average Bonchev–Trinajstić information content (AvgIpc) is 2.67. The fourth-order valence-corrected chi connectivity index (χ4v) is 2.34. The second-order valence-electron chi connectivity index (χ2n) is 3.87. The van der Waals surface area contributed by atoms with Gasteiger partial charge in [0.2, 0.25) is 5.69 Å². The molecule has 6 nitrogen and oxygen atoms in total. The topological polar surface area (TPSA) is 78.0 Å². The normalized spacial score (nSPS) is 10.4. The number of rotatable bonds is 3. The molecule has 0 saturated heterocycles. The fraction of sp³-hybridized carbons (Fsp3) is 0.167. The van der Waals surface area contributed by atoms with Gasteiger partial charge < -0.3 is 0 Å². The number of carbonyl (C=O) groups excluding carboxylic acids is 1. The van der Waals surface area contributed by atoms with Crippen LogP contribution in [0.1, 0.15) is 16.2 Å². The van der Waals surface area contributed by atoms with E-state index >= 15 is 0 Å². The van der Waals surface area contributed by atoms with Crippen molar-refractivity contribution >= 4 is 22.6 Å². The summed E-state index contributed by atoms with van der Waals surface area (Å²) in [7, 11) is 1.58. The molecule has 0 aliphatic carbocycles. The summed E-state index contributed by atoms with van der Waals surface area (Å²) in [6.45, 7) is 1.56. The SMILES string of the molecule is Cc1c([N+](=O)[O-])c(C(=O)Sc2ccccc2)nn1C. The lowest BCUT2D eigenvalue weighted by atomic mass is 10.3.